The quantitative estimate of drug-likeness (QED) is 0.532. The average Bonchev–Trinajstić information content (AvgIpc) is 3.44. The maximum Gasteiger partial charge on any atom is 0.272 e. The van der Waals surface area contributed by atoms with Gasteiger partial charge in [-0.05, 0) is 71.9 Å². The number of carbonyl (C=O) groups is 1. The maximum absolute atomic E-state index is 13.9. The first-order valence-electron chi connectivity index (χ1n) is 10.9. The second-order valence-corrected chi connectivity index (χ2v) is 11.1. The van der Waals surface area contributed by atoms with Crippen LogP contribution in [0.5, 0.6) is 5.75 Å². The number of benzene rings is 1. The molecule has 31 heavy (non-hydrogen) atoms. The monoisotopic (exact) mass is 435 g/mol. The first-order chi connectivity index (χ1) is 14.8. The summed E-state index contributed by atoms with van der Waals surface area (Å²) in [5.41, 5.74) is 2.79. The SMILES string of the molecule is COc1ccc(-n2nc(-c3cccs3)cc2C(=O)N2CC3(C)CC2CC(C)(C)C3)cc1. The largest absolute Gasteiger partial charge is 0.497 e. The Balaban J connectivity index is 1.55. The molecule has 1 aliphatic heterocycles. The van der Waals surface area contributed by atoms with E-state index < -0.39 is 0 Å². The third kappa shape index (κ3) is 3.67. The highest BCUT2D eigenvalue weighted by atomic mass is 32.1. The predicted molar refractivity (Wildman–Crippen MR) is 124 cm³/mol. The third-order valence-electron chi connectivity index (χ3n) is 6.69. The minimum absolute atomic E-state index is 0.0811. The van der Waals surface area contributed by atoms with E-state index in [9.17, 15) is 4.79 Å². The van der Waals surface area contributed by atoms with Crippen LogP contribution in [0.4, 0.5) is 0 Å². The van der Waals surface area contributed by atoms with Gasteiger partial charge in [-0.15, -0.1) is 11.3 Å². The van der Waals surface area contributed by atoms with Crippen LogP contribution in [-0.4, -0.2) is 40.3 Å². The van der Waals surface area contributed by atoms with Crippen LogP contribution in [0.3, 0.4) is 0 Å². The molecule has 162 valence electrons. The van der Waals surface area contributed by atoms with Gasteiger partial charge in [0.05, 0.1) is 17.7 Å². The molecule has 0 radical (unpaired) electrons. The van der Waals surface area contributed by atoms with E-state index in [1.807, 2.05) is 47.8 Å². The van der Waals surface area contributed by atoms with Gasteiger partial charge < -0.3 is 9.64 Å². The predicted octanol–water partition coefficient (Wildman–Crippen LogP) is 5.65. The molecular weight excluding hydrogens is 406 g/mol. The number of aromatic nitrogens is 2. The van der Waals surface area contributed by atoms with Crippen molar-refractivity contribution >= 4 is 17.2 Å². The number of rotatable bonds is 4. The first kappa shape index (κ1) is 20.3. The van der Waals surface area contributed by atoms with Crippen LogP contribution in [0.15, 0.2) is 47.8 Å². The van der Waals surface area contributed by atoms with Crippen molar-refractivity contribution in [1.82, 2.24) is 14.7 Å². The van der Waals surface area contributed by atoms with Crippen molar-refractivity contribution in [3.05, 3.63) is 53.5 Å². The van der Waals surface area contributed by atoms with Gasteiger partial charge in [0.25, 0.3) is 5.91 Å². The van der Waals surface area contributed by atoms with Crippen molar-refractivity contribution in [3.63, 3.8) is 0 Å². The summed E-state index contributed by atoms with van der Waals surface area (Å²) in [5, 5.41) is 6.88. The van der Waals surface area contributed by atoms with Gasteiger partial charge >= 0.3 is 0 Å². The lowest BCUT2D eigenvalue weighted by atomic mass is 9.65. The van der Waals surface area contributed by atoms with Crippen molar-refractivity contribution in [3.8, 4) is 22.0 Å². The van der Waals surface area contributed by atoms with Gasteiger partial charge in [-0.2, -0.15) is 5.10 Å². The molecule has 2 aromatic heterocycles. The summed E-state index contributed by atoms with van der Waals surface area (Å²) in [4.78, 5) is 17.1. The number of hydrogen-bond donors (Lipinski definition) is 0. The standard InChI is InChI=1S/C25H29N3O2S/c1-24(2)13-18-14-25(3,15-24)16-27(18)23(29)21-12-20(22-6-5-11-31-22)26-28(21)17-7-9-19(30-4)10-8-17/h5-12,18H,13-16H2,1-4H3. The fraction of sp³-hybridized carbons (Fsp3) is 0.440. The number of ether oxygens (including phenoxy) is 1. The first-order valence-corrected chi connectivity index (χ1v) is 11.7. The Morgan fingerprint density at radius 1 is 1.16 bits per heavy atom. The van der Waals surface area contributed by atoms with Crippen LogP contribution in [0, 0.1) is 10.8 Å². The molecule has 3 aromatic rings. The molecule has 1 aromatic carbocycles. The Labute approximate surface area is 187 Å². The van der Waals surface area contributed by atoms with Crippen LogP contribution >= 0.6 is 11.3 Å². The number of methoxy groups -OCH3 is 1. The number of hydrogen-bond acceptors (Lipinski definition) is 4. The van der Waals surface area contributed by atoms with Gasteiger partial charge in [0.1, 0.15) is 17.1 Å². The van der Waals surface area contributed by atoms with Gasteiger partial charge in [-0.3, -0.25) is 4.79 Å². The van der Waals surface area contributed by atoms with E-state index in [0.29, 0.717) is 11.7 Å². The summed E-state index contributed by atoms with van der Waals surface area (Å²) < 4.78 is 7.10. The van der Waals surface area contributed by atoms with Gasteiger partial charge in [0.2, 0.25) is 0 Å². The Morgan fingerprint density at radius 3 is 2.61 bits per heavy atom. The average molecular weight is 436 g/mol. The van der Waals surface area contributed by atoms with Gasteiger partial charge in [-0.25, -0.2) is 4.68 Å². The lowest BCUT2D eigenvalue weighted by Crippen LogP contribution is -2.38. The van der Waals surface area contributed by atoms with Crippen LogP contribution in [-0.2, 0) is 0 Å². The Bertz CT molecular complexity index is 1100. The van der Waals surface area contributed by atoms with Crippen LogP contribution in [0.25, 0.3) is 16.3 Å². The van der Waals surface area contributed by atoms with Crippen molar-refractivity contribution in [2.75, 3.05) is 13.7 Å². The zero-order valence-electron chi connectivity index (χ0n) is 18.6. The lowest BCUT2D eigenvalue weighted by Gasteiger charge is -2.39. The molecule has 2 unspecified atom stereocenters. The molecule has 1 saturated heterocycles. The number of carbonyl (C=O) groups excluding carboxylic acids is 1. The molecule has 2 fully saturated rings. The zero-order chi connectivity index (χ0) is 21.8. The fourth-order valence-corrected chi connectivity index (χ4v) is 6.52. The van der Waals surface area contributed by atoms with E-state index in [-0.39, 0.29) is 16.7 Å². The summed E-state index contributed by atoms with van der Waals surface area (Å²) in [6.07, 6.45) is 3.32. The van der Waals surface area contributed by atoms with E-state index in [4.69, 9.17) is 9.84 Å². The summed E-state index contributed by atoms with van der Waals surface area (Å²) in [5.74, 6) is 0.864. The molecule has 0 spiro atoms. The van der Waals surface area contributed by atoms with Crippen LogP contribution in [0.1, 0.15) is 50.5 Å². The summed E-state index contributed by atoms with van der Waals surface area (Å²) in [7, 11) is 1.65. The van der Waals surface area contributed by atoms with E-state index >= 15 is 0 Å². The van der Waals surface area contributed by atoms with Gasteiger partial charge in [-0.1, -0.05) is 26.8 Å². The maximum atomic E-state index is 13.9. The molecule has 6 heteroatoms. The topological polar surface area (TPSA) is 47.4 Å². The van der Waals surface area contributed by atoms with Crippen molar-refractivity contribution in [2.45, 2.75) is 46.1 Å². The molecule has 5 nitrogen and oxygen atoms in total. The number of amides is 1. The van der Waals surface area contributed by atoms with E-state index in [0.717, 1.165) is 41.4 Å². The van der Waals surface area contributed by atoms with Crippen molar-refractivity contribution in [2.24, 2.45) is 10.8 Å². The molecule has 0 N–H and O–H groups in total. The molecule has 1 aliphatic carbocycles. The molecule has 1 saturated carbocycles. The minimum Gasteiger partial charge on any atom is -0.497 e. The van der Waals surface area contributed by atoms with E-state index in [1.54, 1.807) is 23.1 Å². The second kappa shape index (κ2) is 7.23. The zero-order valence-corrected chi connectivity index (χ0v) is 19.4. The number of thiophene rings is 1. The highest BCUT2D eigenvalue weighted by Crippen LogP contribution is 2.52. The highest BCUT2D eigenvalue weighted by molar-refractivity contribution is 7.13. The number of fused-ring (bicyclic) bond motifs is 2. The normalized spacial score (nSPS) is 24.4. The summed E-state index contributed by atoms with van der Waals surface area (Å²) in [6, 6.07) is 14.0. The van der Waals surface area contributed by atoms with E-state index in [2.05, 4.69) is 25.7 Å². The molecule has 3 heterocycles. The molecule has 2 bridgehead atoms. The smallest absolute Gasteiger partial charge is 0.272 e. The Hall–Kier alpha value is -2.60. The molecule has 5 rings (SSSR count). The van der Waals surface area contributed by atoms with Crippen LogP contribution in [0.2, 0.25) is 0 Å². The minimum atomic E-state index is 0.0811. The van der Waals surface area contributed by atoms with Gasteiger partial charge in [0.15, 0.2) is 0 Å². The summed E-state index contributed by atoms with van der Waals surface area (Å²) >= 11 is 1.64. The third-order valence-corrected chi connectivity index (χ3v) is 7.59. The molecule has 2 aliphatic rings. The number of nitrogens with zero attached hydrogens (tertiary/aromatic N) is 3. The highest BCUT2D eigenvalue weighted by Gasteiger charge is 2.51. The fourth-order valence-electron chi connectivity index (χ4n) is 5.84. The lowest BCUT2D eigenvalue weighted by molar-refractivity contribution is 0.0699. The number of likely N-dealkylation sites (tertiary alicyclic amines) is 1. The van der Waals surface area contributed by atoms with E-state index in [1.165, 1.54) is 6.42 Å². The molecular formula is C25H29N3O2S. The molecule has 1 amide bonds. The summed E-state index contributed by atoms with van der Waals surface area (Å²) in [6.45, 7) is 7.83. The van der Waals surface area contributed by atoms with Gasteiger partial charge in [0, 0.05) is 12.6 Å². The second-order valence-electron chi connectivity index (χ2n) is 10.1. The Kier molecular flexibility index (Phi) is 4.74. The van der Waals surface area contributed by atoms with Crippen LogP contribution < -0.4 is 4.74 Å². The van der Waals surface area contributed by atoms with Crippen molar-refractivity contribution < 1.29 is 9.53 Å². The Morgan fingerprint density at radius 2 is 1.94 bits per heavy atom. The molecule has 2 atom stereocenters. The van der Waals surface area contributed by atoms with Crippen molar-refractivity contribution in [1.29, 1.82) is 0 Å².